The number of carbonyl (C=O) groups is 2. The van der Waals surface area contributed by atoms with Crippen LogP contribution in [0.3, 0.4) is 0 Å². The van der Waals surface area contributed by atoms with Crippen LogP contribution in [0.25, 0.3) is 10.8 Å². The molecule has 37 heavy (non-hydrogen) atoms. The molecule has 0 spiro atoms. The van der Waals surface area contributed by atoms with Gasteiger partial charge in [-0.1, -0.05) is 49.7 Å². The number of carbonyl (C=O) groups excluding carboxylic acids is 2. The minimum atomic E-state index is -5.00. The predicted octanol–water partition coefficient (Wildman–Crippen LogP) is 4.96. The minimum Gasteiger partial charge on any atom is -0.372 e. The van der Waals surface area contributed by atoms with Gasteiger partial charge in [-0.3, -0.25) is 9.59 Å². The summed E-state index contributed by atoms with van der Waals surface area (Å²) in [6.07, 6.45) is -5.00. The van der Waals surface area contributed by atoms with E-state index < -0.39 is 40.3 Å². The maximum Gasteiger partial charge on any atom is 0.416 e. The zero-order chi connectivity index (χ0) is 26.4. The number of primary amides is 1. The van der Waals surface area contributed by atoms with Crippen molar-refractivity contribution in [3.05, 3.63) is 75.8 Å². The van der Waals surface area contributed by atoms with E-state index in [-0.39, 0.29) is 35.2 Å². The van der Waals surface area contributed by atoms with Crippen LogP contribution in [0.2, 0.25) is 5.02 Å². The van der Waals surface area contributed by atoms with E-state index >= 15 is 0 Å². The van der Waals surface area contributed by atoms with E-state index in [2.05, 4.69) is 0 Å². The lowest BCUT2D eigenvalue weighted by Gasteiger charge is -2.27. The Kier molecular flexibility index (Phi) is 8.14. The molecule has 1 atom stereocenters. The lowest BCUT2D eigenvalue weighted by atomic mass is 9.83. The van der Waals surface area contributed by atoms with Crippen molar-refractivity contribution in [2.75, 3.05) is 31.1 Å². The van der Waals surface area contributed by atoms with Crippen LogP contribution >= 0.6 is 24.0 Å². The molecule has 0 saturated heterocycles. The zero-order valence-corrected chi connectivity index (χ0v) is 21.7. The molecule has 0 aromatic heterocycles. The number of fused-ring (bicyclic) bond motifs is 2. The SMILES string of the molecule is CCN(CC)CCN1C(=O)[C@@](O)(c2cc3ccccc3cc2Cl)c2c1cc(C(N)=O)cc2C(F)(F)F.Cl. The van der Waals surface area contributed by atoms with E-state index in [0.717, 1.165) is 11.0 Å². The standard InChI is InChI=1S/C26H25ClF3N3O3.ClH/c1-3-32(4-2)9-10-33-21-14-17(23(31)34)12-19(26(28,29)30)22(21)25(36,24(33)35)18-11-15-7-5-6-8-16(15)13-20(18)27;/h5-8,11-14,36H,3-4,9-10H2,1-2H3,(H2,31,34);1H/t25-;/m1./s1. The van der Waals surface area contributed by atoms with E-state index in [1.165, 1.54) is 12.1 Å². The monoisotopic (exact) mass is 555 g/mol. The van der Waals surface area contributed by atoms with Gasteiger partial charge in [-0.2, -0.15) is 13.2 Å². The minimum absolute atomic E-state index is 0. The Morgan fingerprint density at radius 2 is 1.70 bits per heavy atom. The number of rotatable bonds is 7. The first-order valence-corrected chi connectivity index (χ1v) is 11.8. The summed E-state index contributed by atoms with van der Waals surface area (Å²) in [6, 6.07) is 11.6. The second-order valence-electron chi connectivity index (χ2n) is 8.65. The van der Waals surface area contributed by atoms with Gasteiger partial charge in [-0.25, -0.2) is 0 Å². The highest BCUT2D eigenvalue weighted by Crippen LogP contribution is 2.52. The normalized spacial score (nSPS) is 17.3. The Morgan fingerprint density at radius 1 is 1.11 bits per heavy atom. The highest BCUT2D eigenvalue weighted by Gasteiger charge is 2.56. The maximum absolute atomic E-state index is 14.3. The van der Waals surface area contributed by atoms with Crippen molar-refractivity contribution in [3.8, 4) is 0 Å². The van der Waals surface area contributed by atoms with Gasteiger partial charge in [0.15, 0.2) is 5.60 Å². The van der Waals surface area contributed by atoms with Crippen LogP contribution in [-0.2, 0) is 16.6 Å². The van der Waals surface area contributed by atoms with E-state index in [4.69, 9.17) is 17.3 Å². The van der Waals surface area contributed by atoms with Gasteiger partial charge in [0, 0.05) is 34.8 Å². The number of anilines is 1. The third-order valence-electron chi connectivity index (χ3n) is 6.67. The number of hydrogen-bond acceptors (Lipinski definition) is 4. The summed E-state index contributed by atoms with van der Waals surface area (Å²) in [5, 5.41) is 13.2. The van der Waals surface area contributed by atoms with Gasteiger partial charge in [-0.15, -0.1) is 12.4 Å². The summed E-state index contributed by atoms with van der Waals surface area (Å²) in [4.78, 5) is 28.8. The average molecular weight is 556 g/mol. The number of nitrogens with zero attached hydrogens (tertiary/aromatic N) is 2. The van der Waals surface area contributed by atoms with Crippen LogP contribution in [-0.4, -0.2) is 48.0 Å². The maximum atomic E-state index is 14.3. The number of aliphatic hydroxyl groups is 1. The lowest BCUT2D eigenvalue weighted by Crippen LogP contribution is -2.44. The van der Waals surface area contributed by atoms with Gasteiger partial charge in [0.2, 0.25) is 5.91 Å². The molecule has 0 saturated carbocycles. The van der Waals surface area contributed by atoms with Crippen LogP contribution in [0, 0.1) is 0 Å². The molecule has 0 bridgehead atoms. The van der Waals surface area contributed by atoms with Gasteiger partial charge in [-0.05, 0) is 48.1 Å². The first kappa shape index (κ1) is 28.7. The van der Waals surface area contributed by atoms with Gasteiger partial charge in [0.1, 0.15) is 0 Å². The van der Waals surface area contributed by atoms with Crippen molar-refractivity contribution in [1.29, 1.82) is 0 Å². The van der Waals surface area contributed by atoms with Crippen molar-refractivity contribution < 1.29 is 27.9 Å². The summed E-state index contributed by atoms with van der Waals surface area (Å²) in [6.45, 7) is 5.47. The predicted molar refractivity (Wildman–Crippen MR) is 139 cm³/mol. The number of benzene rings is 3. The fraction of sp³-hybridized carbons (Fsp3) is 0.308. The van der Waals surface area contributed by atoms with Gasteiger partial charge in [0.25, 0.3) is 5.91 Å². The molecule has 3 aromatic rings. The van der Waals surface area contributed by atoms with E-state index in [9.17, 15) is 27.9 Å². The van der Waals surface area contributed by atoms with Crippen LogP contribution in [0.5, 0.6) is 0 Å². The second-order valence-corrected chi connectivity index (χ2v) is 9.06. The average Bonchev–Trinajstić information content (AvgIpc) is 3.05. The van der Waals surface area contributed by atoms with Crippen molar-refractivity contribution in [1.82, 2.24) is 4.90 Å². The Balaban J connectivity index is 0.00000380. The number of alkyl halides is 3. The third-order valence-corrected chi connectivity index (χ3v) is 6.99. The topological polar surface area (TPSA) is 86.9 Å². The molecule has 3 aromatic carbocycles. The van der Waals surface area contributed by atoms with E-state index in [1.807, 2.05) is 18.7 Å². The van der Waals surface area contributed by atoms with Crippen LogP contribution in [0.15, 0.2) is 48.5 Å². The molecule has 0 radical (unpaired) electrons. The van der Waals surface area contributed by atoms with Crippen molar-refractivity contribution in [3.63, 3.8) is 0 Å². The Hall–Kier alpha value is -2.85. The van der Waals surface area contributed by atoms with E-state index in [1.54, 1.807) is 24.3 Å². The molecular formula is C26H26Cl2F3N3O3. The summed E-state index contributed by atoms with van der Waals surface area (Å²) < 4.78 is 43.0. The largest absolute Gasteiger partial charge is 0.416 e. The number of amides is 2. The molecule has 1 aliphatic rings. The first-order chi connectivity index (χ1) is 16.9. The van der Waals surface area contributed by atoms with Crippen molar-refractivity contribution >= 4 is 52.3 Å². The lowest BCUT2D eigenvalue weighted by molar-refractivity contribution is -0.142. The van der Waals surface area contributed by atoms with Gasteiger partial charge >= 0.3 is 6.18 Å². The third kappa shape index (κ3) is 4.88. The smallest absolute Gasteiger partial charge is 0.372 e. The molecule has 4 rings (SSSR count). The summed E-state index contributed by atoms with van der Waals surface area (Å²) in [5.41, 5.74) is -0.202. The molecule has 0 fully saturated rings. The molecule has 198 valence electrons. The fourth-order valence-electron chi connectivity index (χ4n) is 4.74. The van der Waals surface area contributed by atoms with Crippen LogP contribution in [0.1, 0.15) is 40.9 Å². The Morgan fingerprint density at radius 3 is 2.24 bits per heavy atom. The highest BCUT2D eigenvalue weighted by molar-refractivity contribution is 6.33. The fourth-order valence-corrected chi connectivity index (χ4v) is 5.05. The molecule has 1 heterocycles. The molecule has 11 heteroatoms. The number of nitrogens with two attached hydrogens (primary N) is 1. The van der Waals surface area contributed by atoms with Crippen molar-refractivity contribution in [2.24, 2.45) is 5.73 Å². The van der Waals surface area contributed by atoms with Crippen molar-refractivity contribution in [2.45, 2.75) is 25.6 Å². The zero-order valence-electron chi connectivity index (χ0n) is 20.1. The Bertz CT molecular complexity index is 1360. The highest BCUT2D eigenvalue weighted by atomic mass is 35.5. The number of likely N-dealkylation sites (N-methyl/N-ethyl adjacent to an activating group) is 1. The molecule has 2 amide bonds. The summed E-state index contributed by atoms with van der Waals surface area (Å²) in [5.74, 6) is -2.06. The van der Waals surface area contributed by atoms with Crippen LogP contribution < -0.4 is 10.6 Å². The van der Waals surface area contributed by atoms with Crippen LogP contribution in [0.4, 0.5) is 18.9 Å². The quantitative estimate of drug-likeness (QED) is 0.431. The van der Waals surface area contributed by atoms with E-state index in [0.29, 0.717) is 36.5 Å². The summed E-state index contributed by atoms with van der Waals surface area (Å²) >= 11 is 6.48. The number of halogens is 5. The molecule has 0 unspecified atom stereocenters. The molecule has 0 aliphatic carbocycles. The van der Waals surface area contributed by atoms with Gasteiger partial charge < -0.3 is 20.6 Å². The molecule has 1 aliphatic heterocycles. The Labute approximate surface area is 223 Å². The first-order valence-electron chi connectivity index (χ1n) is 11.4. The molecule has 3 N–H and O–H groups in total. The number of hydrogen-bond donors (Lipinski definition) is 2. The molecular weight excluding hydrogens is 530 g/mol. The summed E-state index contributed by atoms with van der Waals surface area (Å²) in [7, 11) is 0. The molecule has 6 nitrogen and oxygen atoms in total. The second kappa shape index (κ2) is 10.5. The van der Waals surface area contributed by atoms with Gasteiger partial charge in [0.05, 0.1) is 11.3 Å².